The monoisotopic (exact) mass is 247 g/mol. The molecule has 0 spiro atoms. The molecule has 2 aliphatic heterocycles. The molecular weight excluding hydrogens is 226 g/mol. The molecule has 0 amide bonds. The first kappa shape index (κ1) is 12.2. The van der Waals surface area contributed by atoms with Gasteiger partial charge in [-0.05, 0) is 32.3 Å². The van der Waals surface area contributed by atoms with E-state index in [1.807, 2.05) is 0 Å². The molecule has 0 aromatic heterocycles. The van der Waals surface area contributed by atoms with Gasteiger partial charge >= 0.3 is 0 Å². The number of benzene rings is 1. The van der Waals surface area contributed by atoms with E-state index in [0.717, 1.165) is 18.4 Å². The first-order chi connectivity index (χ1) is 8.55. The van der Waals surface area contributed by atoms with E-state index in [-0.39, 0.29) is 12.1 Å². The lowest BCUT2D eigenvalue weighted by Crippen LogP contribution is -2.58. The zero-order valence-corrected chi connectivity index (χ0v) is 11.1. The van der Waals surface area contributed by atoms with E-state index in [4.69, 9.17) is 4.74 Å². The molecule has 1 aromatic rings. The molecular formula is C15H21NO2. The molecule has 2 N–H and O–H groups in total. The second-order valence-electron chi connectivity index (χ2n) is 5.91. The highest BCUT2D eigenvalue weighted by Crippen LogP contribution is 2.37. The molecule has 2 unspecified atom stereocenters. The van der Waals surface area contributed by atoms with Crippen LogP contribution in [-0.2, 0) is 10.3 Å². The van der Waals surface area contributed by atoms with E-state index in [9.17, 15) is 5.11 Å². The summed E-state index contributed by atoms with van der Waals surface area (Å²) in [5, 5.41) is 14.5. The Kier molecular flexibility index (Phi) is 2.93. The quantitative estimate of drug-likeness (QED) is 0.792. The Morgan fingerprint density at radius 2 is 1.67 bits per heavy atom. The maximum absolute atomic E-state index is 11.0. The predicted molar refractivity (Wildman–Crippen MR) is 70.6 cm³/mol. The molecule has 0 saturated carbocycles. The van der Waals surface area contributed by atoms with Crippen molar-refractivity contribution in [2.45, 2.75) is 44.4 Å². The van der Waals surface area contributed by atoms with Crippen molar-refractivity contribution < 1.29 is 9.84 Å². The molecule has 2 atom stereocenters. The van der Waals surface area contributed by atoms with Gasteiger partial charge in [-0.2, -0.15) is 0 Å². The highest BCUT2D eigenvalue weighted by atomic mass is 16.5. The number of aliphatic hydroxyl groups is 1. The minimum atomic E-state index is -0.693. The summed E-state index contributed by atoms with van der Waals surface area (Å²) >= 11 is 0. The molecule has 1 aromatic carbocycles. The third kappa shape index (κ3) is 2.18. The lowest BCUT2D eigenvalue weighted by Gasteiger charge is -2.45. The number of rotatable bonds is 1. The van der Waals surface area contributed by atoms with Crippen LogP contribution >= 0.6 is 0 Å². The topological polar surface area (TPSA) is 41.5 Å². The number of nitrogens with one attached hydrogen (secondary N) is 1. The SMILES string of the molecule is Cc1cc(C)cc(C2(O)CC3COCC(C2)N3)c1. The Hall–Kier alpha value is -0.900. The van der Waals surface area contributed by atoms with E-state index >= 15 is 0 Å². The van der Waals surface area contributed by atoms with Crippen LogP contribution in [0.5, 0.6) is 0 Å². The molecule has 0 aliphatic carbocycles. The number of hydrogen-bond acceptors (Lipinski definition) is 3. The Labute approximate surface area is 108 Å². The maximum atomic E-state index is 11.0. The minimum absolute atomic E-state index is 0.281. The number of aryl methyl sites for hydroxylation is 2. The van der Waals surface area contributed by atoms with Gasteiger partial charge in [-0.15, -0.1) is 0 Å². The summed E-state index contributed by atoms with van der Waals surface area (Å²) in [5.74, 6) is 0. The van der Waals surface area contributed by atoms with Gasteiger partial charge < -0.3 is 15.2 Å². The van der Waals surface area contributed by atoms with Crippen LogP contribution in [0.4, 0.5) is 0 Å². The van der Waals surface area contributed by atoms with Gasteiger partial charge in [-0.3, -0.25) is 0 Å². The highest BCUT2D eigenvalue weighted by Gasteiger charge is 2.42. The molecule has 0 radical (unpaired) electrons. The second-order valence-corrected chi connectivity index (χ2v) is 5.91. The molecule has 18 heavy (non-hydrogen) atoms. The molecule has 3 rings (SSSR count). The number of hydrogen-bond donors (Lipinski definition) is 2. The van der Waals surface area contributed by atoms with Gasteiger partial charge in [0.25, 0.3) is 0 Å². The Bertz CT molecular complexity index is 426. The Morgan fingerprint density at radius 1 is 1.11 bits per heavy atom. The van der Waals surface area contributed by atoms with Crippen molar-refractivity contribution in [3.05, 3.63) is 34.9 Å². The van der Waals surface area contributed by atoms with E-state index in [1.54, 1.807) is 0 Å². The fourth-order valence-electron chi connectivity index (χ4n) is 3.40. The molecule has 2 aliphatic rings. The average Bonchev–Trinajstić information content (AvgIpc) is 2.26. The third-order valence-electron chi connectivity index (χ3n) is 4.04. The van der Waals surface area contributed by atoms with Crippen LogP contribution in [0.3, 0.4) is 0 Å². The minimum Gasteiger partial charge on any atom is -0.385 e. The summed E-state index contributed by atoms with van der Waals surface area (Å²) in [6, 6.07) is 6.95. The van der Waals surface area contributed by atoms with Crippen molar-refractivity contribution in [2.75, 3.05) is 13.2 Å². The summed E-state index contributed by atoms with van der Waals surface area (Å²) in [7, 11) is 0. The van der Waals surface area contributed by atoms with Crippen molar-refractivity contribution in [3.63, 3.8) is 0 Å². The van der Waals surface area contributed by atoms with Crippen molar-refractivity contribution >= 4 is 0 Å². The van der Waals surface area contributed by atoms with Crippen LogP contribution < -0.4 is 5.32 Å². The smallest absolute Gasteiger partial charge is 0.0928 e. The normalized spacial score (nSPS) is 35.5. The summed E-state index contributed by atoms with van der Waals surface area (Å²) in [6.45, 7) is 5.60. The molecule has 2 bridgehead atoms. The molecule has 3 nitrogen and oxygen atoms in total. The van der Waals surface area contributed by atoms with Gasteiger partial charge in [-0.25, -0.2) is 0 Å². The van der Waals surface area contributed by atoms with Crippen LogP contribution in [0.25, 0.3) is 0 Å². The first-order valence-electron chi connectivity index (χ1n) is 6.70. The van der Waals surface area contributed by atoms with Crippen LogP contribution in [0.15, 0.2) is 18.2 Å². The number of ether oxygens (including phenoxy) is 1. The summed E-state index contributed by atoms with van der Waals surface area (Å²) in [5.41, 5.74) is 2.82. The summed E-state index contributed by atoms with van der Waals surface area (Å²) in [4.78, 5) is 0. The van der Waals surface area contributed by atoms with Crippen molar-refractivity contribution in [1.29, 1.82) is 0 Å². The summed E-state index contributed by atoms with van der Waals surface area (Å²) in [6.07, 6.45) is 1.48. The van der Waals surface area contributed by atoms with Crippen LogP contribution in [0.1, 0.15) is 29.5 Å². The fourth-order valence-corrected chi connectivity index (χ4v) is 3.40. The van der Waals surface area contributed by atoms with E-state index in [0.29, 0.717) is 13.2 Å². The number of fused-ring (bicyclic) bond motifs is 2. The van der Waals surface area contributed by atoms with Crippen molar-refractivity contribution in [3.8, 4) is 0 Å². The Morgan fingerprint density at radius 3 is 2.22 bits per heavy atom. The standard InChI is InChI=1S/C15H21NO2/c1-10-3-11(2)5-12(4-10)15(17)6-13-8-18-9-14(7-15)16-13/h3-5,13-14,16-17H,6-9H2,1-2H3. The van der Waals surface area contributed by atoms with Crippen molar-refractivity contribution in [2.24, 2.45) is 0 Å². The van der Waals surface area contributed by atoms with E-state index < -0.39 is 5.60 Å². The zero-order chi connectivity index (χ0) is 12.8. The van der Waals surface area contributed by atoms with Crippen LogP contribution in [0, 0.1) is 13.8 Å². The van der Waals surface area contributed by atoms with Gasteiger partial charge in [-0.1, -0.05) is 29.3 Å². The largest absolute Gasteiger partial charge is 0.385 e. The van der Waals surface area contributed by atoms with Gasteiger partial charge in [0.05, 0.1) is 18.8 Å². The fraction of sp³-hybridized carbons (Fsp3) is 0.600. The third-order valence-corrected chi connectivity index (χ3v) is 4.04. The molecule has 2 saturated heterocycles. The lowest BCUT2D eigenvalue weighted by atomic mass is 9.77. The molecule has 2 fully saturated rings. The average molecular weight is 247 g/mol. The summed E-state index contributed by atoms with van der Waals surface area (Å²) < 4.78 is 5.54. The van der Waals surface area contributed by atoms with Crippen LogP contribution in [0.2, 0.25) is 0 Å². The van der Waals surface area contributed by atoms with Gasteiger partial charge in [0.1, 0.15) is 0 Å². The van der Waals surface area contributed by atoms with Gasteiger partial charge in [0, 0.05) is 12.1 Å². The number of morpholine rings is 1. The Balaban J connectivity index is 1.93. The zero-order valence-electron chi connectivity index (χ0n) is 11.1. The molecule has 98 valence electrons. The second kappa shape index (κ2) is 4.34. The lowest BCUT2D eigenvalue weighted by molar-refractivity contribution is -0.0802. The number of piperidine rings is 1. The van der Waals surface area contributed by atoms with Gasteiger partial charge in [0.15, 0.2) is 0 Å². The van der Waals surface area contributed by atoms with Crippen LogP contribution in [-0.4, -0.2) is 30.4 Å². The highest BCUT2D eigenvalue weighted by molar-refractivity contribution is 5.33. The van der Waals surface area contributed by atoms with Gasteiger partial charge in [0.2, 0.25) is 0 Å². The van der Waals surface area contributed by atoms with Crippen molar-refractivity contribution in [1.82, 2.24) is 5.32 Å². The van der Waals surface area contributed by atoms with E-state index in [2.05, 4.69) is 37.4 Å². The first-order valence-corrected chi connectivity index (χ1v) is 6.70. The van der Waals surface area contributed by atoms with E-state index in [1.165, 1.54) is 11.1 Å². The predicted octanol–water partition coefficient (Wildman–Crippen LogP) is 1.64. The maximum Gasteiger partial charge on any atom is 0.0928 e. The molecule has 3 heteroatoms. The molecule has 2 heterocycles.